The number of fused-ring (bicyclic) bond motifs is 1. The molecule has 1 heterocycles. The third-order valence-electron chi connectivity index (χ3n) is 5.61. The first-order chi connectivity index (χ1) is 13.0. The summed E-state index contributed by atoms with van der Waals surface area (Å²) in [7, 11) is 0. The number of hydrogen-bond donors (Lipinski definition) is 1. The summed E-state index contributed by atoms with van der Waals surface area (Å²) in [5.41, 5.74) is -0.0709. The number of rotatable bonds is 3. The molecule has 0 spiro atoms. The van der Waals surface area contributed by atoms with Crippen LogP contribution in [0, 0.1) is 56.7 Å². The number of benzene rings is 1. The molecule has 6 heteroatoms. The molecule has 136 valence electrons. The summed E-state index contributed by atoms with van der Waals surface area (Å²) in [5.74, 6) is -1.19. The molecule has 1 saturated carbocycles. The summed E-state index contributed by atoms with van der Waals surface area (Å²) in [5, 5.41) is 38.2. The number of halogens is 1. The van der Waals surface area contributed by atoms with Gasteiger partial charge in [0.25, 0.3) is 0 Å². The van der Waals surface area contributed by atoms with Crippen LogP contribution in [0.3, 0.4) is 0 Å². The molecule has 0 saturated heterocycles. The van der Waals surface area contributed by atoms with Crippen LogP contribution in [-0.4, -0.2) is 30.2 Å². The van der Waals surface area contributed by atoms with Gasteiger partial charge in [-0.15, -0.1) is 0 Å². The van der Waals surface area contributed by atoms with Crippen LogP contribution >= 0.6 is 15.9 Å². The van der Waals surface area contributed by atoms with Gasteiger partial charge in [0, 0.05) is 29.4 Å². The minimum absolute atomic E-state index is 0.0913. The van der Waals surface area contributed by atoms with Crippen molar-refractivity contribution < 1.29 is 0 Å². The molecule has 1 aromatic carbocycles. The average molecular weight is 422 g/mol. The van der Waals surface area contributed by atoms with E-state index in [4.69, 9.17) is 5.41 Å². The zero-order valence-electron chi connectivity index (χ0n) is 15.1. The Morgan fingerprint density at radius 2 is 2.04 bits per heavy atom. The standard InChI is InChI=1S/C21H20BrN5/c1-2-7-27-8-6-18-17(11-27)19(14-4-3-5-15(22)9-14)16(10-23)20(26)21(18,12-24)13-25/h3-6,9,16-17,19,26H,2,7-8,11H2,1H3/t16-,17+,19-/m1/s1. The predicted octanol–water partition coefficient (Wildman–Crippen LogP) is 4.01. The summed E-state index contributed by atoms with van der Waals surface area (Å²) >= 11 is 3.49. The molecule has 3 atom stereocenters. The predicted molar refractivity (Wildman–Crippen MR) is 106 cm³/mol. The topological polar surface area (TPSA) is 98.5 Å². The number of nitrogens with one attached hydrogen (secondary N) is 1. The minimum Gasteiger partial charge on any atom is -0.305 e. The van der Waals surface area contributed by atoms with Crippen molar-refractivity contribution in [2.45, 2.75) is 19.3 Å². The highest BCUT2D eigenvalue weighted by molar-refractivity contribution is 9.10. The van der Waals surface area contributed by atoms with Gasteiger partial charge >= 0.3 is 0 Å². The van der Waals surface area contributed by atoms with E-state index in [1.165, 1.54) is 0 Å². The van der Waals surface area contributed by atoms with Crippen molar-refractivity contribution in [2.75, 3.05) is 19.6 Å². The van der Waals surface area contributed by atoms with E-state index in [-0.39, 0.29) is 17.5 Å². The maximum absolute atomic E-state index is 9.89. The second-order valence-electron chi connectivity index (χ2n) is 7.10. The molecule has 1 aliphatic carbocycles. The normalized spacial score (nSPS) is 26.9. The molecule has 0 aromatic heterocycles. The van der Waals surface area contributed by atoms with Crippen LogP contribution < -0.4 is 0 Å². The van der Waals surface area contributed by atoms with Gasteiger partial charge in [0.1, 0.15) is 0 Å². The lowest BCUT2D eigenvalue weighted by Gasteiger charge is -2.47. The van der Waals surface area contributed by atoms with Crippen molar-refractivity contribution in [3.63, 3.8) is 0 Å². The highest BCUT2D eigenvalue weighted by Crippen LogP contribution is 2.52. The Morgan fingerprint density at radius 3 is 2.63 bits per heavy atom. The fraction of sp³-hybridized carbons (Fsp3) is 0.429. The maximum atomic E-state index is 9.89. The Kier molecular flexibility index (Phi) is 5.47. The van der Waals surface area contributed by atoms with E-state index < -0.39 is 11.3 Å². The van der Waals surface area contributed by atoms with Crippen molar-refractivity contribution in [3.8, 4) is 18.2 Å². The summed E-state index contributed by atoms with van der Waals surface area (Å²) in [4.78, 5) is 2.29. The highest BCUT2D eigenvalue weighted by Gasteiger charge is 2.56. The minimum atomic E-state index is -1.63. The molecule has 2 aliphatic rings. The van der Waals surface area contributed by atoms with Gasteiger partial charge in [-0.05, 0) is 36.2 Å². The van der Waals surface area contributed by atoms with Crippen molar-refractivity contribution >= 4 is 21.6 Å². The molecule has 3 rings (SSSR count). The van der Waals surface area contributed by atoms with Crippen molar-refractivity contribution in [1.29, 1.82) is 21.2 Å². The quantitative estimate of drug-likeness (QED) is 0.745. The summed E-state index contributed by atoms with van der Waals surface area (Å²) in [6.45, 7) is 4.40. The lowest BCUT2D eigenvalue weighted by molar-refractivity contribution is 0.210. The molecule has 1 N–H and O–H groups in total. The van der Waals surface area contributed by atoms with Crippen LogP contribution in [0.2, 0.25) is 0 Å². The number of nitrogens with zero attached hydrogens (tertiary/aromatic N) is 4. The third kappa shape index (κ3) is 3.08. The molecule has 1 aliphatic heterocycles. The van der Waals surface area contributed by atoms with Gasteiger partial charge in [-0.2, -0.15) is 15.8 Å². The highest BCUT2D eigenvalue weighted by atomic mass is 79.9. The van der Waals surface area contributed by atoms with Crippen molar-refractivity contribution in [2.24, 2.45) is 17.3 Å². The molecule has 1 fully saturated rings. The number of nitriles is 3. The molecule has 5 nitrogen and oxygen atoms in total. The van der Waals surface area contributed by atoms with Crippen LogP contribution in [0.5, 0.6) is 0 Å². The summed E-state index contributed by atoms with van der Waals surface area (Å²) in [6.07, 6.45) is 2.96. The van der Waals surface area contributed by atoms with E-state index >= 15 is 0 Å². The van der Waals surface area contributed by atoms with Crippen molar-refractivity contribution in [3.05, 3.63) is 46.0 Å². The molecule has 0 radical (unpaired) electrons. The van der Waals surface area contributed by atoms with Gasteiger partial charge in [0.2, 0.25) is 5.41 Å². The first-order valence-electron chi connectivity index (χ1n) is 9.01. The van der Waals surface area contributed by atoms with Crippen LogP contribution in [0.15, 0.2) is 40.4 Å². The summed E-state index contributed by atoms with van der Waals surface area (Å²) < 4.78 is 0.910. The largest absolute Gasteiger partial charge is 0.305 e. The zero-order chi connectivity index (χ0) is 19.6. The second-order valence-corrected chi connectivity index (χ2v) is 8.02. The Balaban J connectivity index is 2.19. The van der Waals surface area contributed by atoms with Gasteiger partial charge < -0.3 is 5.41 Å². The number of hydrogen-bond acceptors (Lipinski definition) is 5. The lowest BCUT2D eigenvalue weighted by Crippen LogP contribution is -2.52. The van der Waals surface area contributed by atoms with Crippen LogP contribution in [0.1, 0.15) is 24.8 Å². The van der Waals surface area contributed by atoms with E-state index in [2.05, 4.69) is 46.0 Å². The Morgan fingerprint density at radius 1 is 1.30 bits per heavy atom. The van der Waals surface area contributed by atoms with Gasteiger partial charge in [0.15, 0.2) is 0 Å². The van der Waals surface area contributed by atoms with Crippen LogP contribution in [0.25, 0.3) is 0 Å². The van der Waals surface area contributed by atoms with E-state index in [0.29, 0.717) is 18.7 Å². The Bertz CT molecular complexity index is 900. The Hall–Kier alpha value is -2.46. The molecule has 1 aromatic rings. The van der Waals surface area contributed by atoms with E-state index in [1.54, 1.807) is 0 Å². The van der Waals surface area contributed by atoms with Gasteiger partial charge in [-0.1, -0.05) is 41.1 Å². The molecular formula is C21H20BrN5. The monoisotopic (exact) mass is 421 g/mol. The molecule has 0 amide bonds. The maximum Gasteiger partial charge on any atom is 0.203 e. The lowest BCUT2D eigenvalue weighted by atomic mass is 9.55. The Labute approximate surface area is 168 Å². The van der Waals surface area contributed by atoms with Crippen molar-refractivity contribution in [1.82, 2.24) is 4.90 Å². The van der Waals surface area contributed by atoms with E-state index in [0.717, 1.165) is 23.0 Å². The van der Waals surface area contributed by atoms with Gasteiger partial charge in [-0.3, -0.25) is 4.90 Å². The second kappa shape index (κ2) is 7.65. The van der Waals surface area contributed by atoms with Crippen LogP contribution in [0.4, 0.5) is 0 Å². The van der Waals surface area contributed by atoms with E-state index in [1.807, 2.05) is 30.3 Å². The molecule has 0 bridgehead atoms. The average Bonchev–Trinajstić information content (AvgIpc) is 2.68. The summed E-state index contributed by atoms with van der Waals surface area (Å²) in [6, 6.07) is 14.2. The zero-order valence-corrected chi connectivity index (χ0v) is 16.7. The fourth-order valence-corrected chi connectivity index (χ4v) is 4.84. The van der Waals surface area contributed by atoms with E-state index in [9.17, 15) is 15.8 Å². The van der Waals surface area contributed by atoms with Gasteiger partial charge in [0.05, 0.1) is 29.8 Å². The molecule has 27 heavy (non-hydrogen) atoms. The van der Waals surface area contributed by atoms with Gasteiger partial charge in [-0.25, -0.2) is 0 Å². The smallest absolute Gasteiger partial charge is 0.203 e. The third-order valence-corrected chi connectivity index (χ3v) is 6.11. The SMILES string of the molecule is CCCN1CC=C2[C@H](C1)[C@H](c1cccc(Br)c1)[C@@H](C#N)C(=N)C2(C#N)C#N. The first kappa shape index (κ1) is 19.3. The first-order valence-corrected chi connectivity index (χ1v) is 9.81. The fourth-order valence-electron chi connectivity index (χ4n) is 4.43. The molecular weight excluding hydrogens is 402 g/mol. The van der Waals surface area contributed by atoms with Crippen LogP contribution in [-0.2, 0) is 0 Å². The molecule has 0 unspecified atom stereocenters.